The second-order valence-electron chi connectivity index (χ2n) is 8.38. The van der Waals surface area contributed by atoms with Crippen LogP contribution in [-0.4, -0.2) is 77.8 Å². The van der Waals surface area contributed by atoms with E-state index in [9.17, 15) is 14.4 Å². The summed E-state index contributed by atoms with van der Waals surface area (Å²) < 4.78 is 5.96. The zero-order chi connectivity index (χ0) is 23.1. The molecule has 1 atom stereocenters. The van der Waals surface area contributed by atoms with Gasteiger partial charge in [0.1, 0.15) is 11.8 Å². The Bertz CT molecular complexity index is 848. The van der Waals surface area contributed by atoms with Gasteiger partial charge in [-0.2, -0.15) is 0 Å². The standard InChI is InChI=1S/C24H34N4O4/c1-4-11-26-12-14-28(15-13-26)23(30)17-32-21-8-6-7-18(3)19(21)16-27(5-2)20-9-10-22(29)25-24(20)31/h5-8,20H,2,4,9-17H2,1,3H3,(H,25,29,31). The minimum Gasteiger partial charge on any atom is -0.483 e. The molecular formula is C24H34N4O4. The second-order valence-corrected chi connectivity index (χ2v) is 8.38. The van der Waals surface area contributed by atoms with Crippen molar-refractivity contribution in [3.8, 4) is 5.75 Å². The number of carbonyl (C=O) groups is 3. The molecule has 0 aliphatic carbocycles. The van der Waals surface area contributed by atoms with E-state index >= 15 is 0 Å². The Kier molecular flexibility index (Phi) is 8.27. The van der Waals surface area contributed by atoms with Gasteiger partial charge < -0.3 is 14.5 Å². The molecule has 1 aromatic rings. The average Bonchev–Trinajstić information content (AvgIpc) is 2.78. The predicted octanol–water partition coefficient (Wildman–Crippen LogP) is 1.68. The topological polar surface area (TPSA) is 82.2 Å². The number of hydrogen-bond donors (Lipinski definition) is 1. The van der Waals surface area contributed by atoms with Crippen LogP contribution in [0.3, 0.4) is 0 Å². The van der Waals surface area contributed by atoms with Crippen LogP contribution in [-0.2, 0) is 20.9 Å². The minimum atomic E-state index is -0.460. The zero-order valence-electron chi connectivity index (χ0n) is 19.1. The summed E-state index contributed by atoms with van der Waals surface area (Å²) in [6.45, 7) is 12.7. The molecule has 3 rings (SSSR count). The molecule has 0 aromatic heterocycles. The third-order valence-electron chi connectivity index (χ3n) is 6.17. The molecule has 32 heavy (non-hydrogen) atoms. The molecule has 8 nitrogen and oxygen atoms in total. The van der Waals surface area contributed by atoms with Crippen LogP contribution in [0, 0.1) is 6.92 Å². The predicted molar refractivity (Wildman–Crippen MR) is 122 cm³/mol. The van der Waals surface area contributed by atoms with Crippen molar-refractivity contribution in [3.63, 3.8) is 0 Å². The number of carbonyl (C=O) groups excluding carboxylic acids is 3. The van der Waals surface area contributed by atoms with Crippen LogP contribution in [0.15, 0.2) is 31.0 Å². The summed E-state index contributed by atoms with van der Waals surface area (Å²) in [4.78, 5) is 42.6. The first kappa shape index (κ1) is 23.8. The average molecular weight is 443 g/mol. The Labute approximate surface area is 190 Å². The molecule has 0 radical (unpaired) electrons. The molecule has 174 valence electrons. The van der Waals surface area contributed by atoms with Crippen LogP contribution in [0.4, 0.5) is 0 Å². The van der Waals surface area contributed by atoms with Crippen molar-refractivity contribution in [1.29, 1.82) is 0 Å². The highest BCUT2D eigenvalue weighted by Gasteiger charge is 2.31. The highest BCUT2D eigenvalue weighted by Crippen LogP contribution is 2.26. The first-order chi connectivity index (χ1) is 15.4. The summed E-state index contributed by atoms with van der Waals surface area (Å²) in [5, 5.41) is 2.39. The molecule has 8 heteroatoms. The van der Waals surface area contributed by atoms with Gasteiger partial charge in [-0.1, -0.05) is 25.6 Å². The fourth-order valence-corrected chi connectivity index (χ4v) is 4.26. The Hall–Kier alpha value is -2.87. The monoisotopic (exact) mass is 442 g/mol. The molecule has 2 heterocycles. The minimum absolute atomic E-state index is 0.0145. The molecule has 2 saturated heterocycles. The van der Waals surface area contributed by atoms with Crippen molar-refractivity contribution < 1.29 is 19.1 Å². The summed E-state index contributed by atoms with van der Waals surface area (Å²) in [6, 6.07) is 5.26. The molecule has 0 saturated carbocycles. The summed E-state index contributed by atoms with van der Waals surface area (Å²) in [5.74, 6) is 0.0558. The number of rotatable bonds is 9. The summed E-state index contributed by atoms with van der Waals surface area (Å²) in [6.07, 6.45) is 3.49. The maximum Gasteiger partial charge on any atom is 0.260 e. The van der Waals surface area contributed by atoms with Gasteiger partial charge in [0.2, 0.25) is 11.8 Å². The van der Waals surface area contributed by atoms with Gasteiger partial charge in [0.05, 0.1) is 0 Å². The van der Waals surface area contributed by atoms with Crippen LogP contribution >= 0.6 is 0 Å². The molecule has 2 aliphatic rings. The van der Waals surface area contributed by atoms with Gasteiger partial charge in [-0.25, -0.2) is 0 Å². The number of piperazine rings is 1. The van der Waals surface area contributed by atoms with Crippen molar-refractivity contribution >= 4 is 17.7 Å². The number of aryl methyl sites for hydroxylation is 1. The summed E-state index contributed by atoms with van der Waals surface area (Å²) in [7, 11) is 0. The second kappa shape index (κ2) is 11.1. The molecule has 2 aliphatic heterocycles. The Morgan fingerprint density at radius 1 is 1.28 bits per heavy atom. The number of benzene rings is 1. The van der Waals surface area contributed by atoms with Crippen LogP contribution in [0.25, 0.3) is 0 Å². The fraction of sp³-hybridized carbons (Fsp3) is 0.542. The van der Waals surface area contributed by atoms with E-state index in [4.69, 9.17) is 4.74 Å². The van der Waals surface area contributed by atoms with Crippen molar-refractivity contribution in [2.75, 3.05) is 39.3 Å². The first-order valence-electron chi connectivity index (χ1n) is 11.4. The third kappa shape index (κ3) is 5.88. The molecule has 3 amide bonds. The number of ether oxygens (including phenoxy) is 1. The molecule has 1 unspecified atom stereocenters. The zero-order valence-corrected chi connectivity index (χ0v) is 19.1. The van der Waals surface area contributed by atoms with Crippen molar-refractivity contribution in [2.45, 2.75) is 45.7 Å². The lowest BCUT2D eigenvalue weighted by Crippen LogP contribution is -2.50. The van der Waals surface area contributed by atoms with E-state index in [1.165, 1.54) is 0 Å². The van der Waals surface area contributed by atoms with Gasteiger partial charge in [-0.15, -0.1) is 0 Å². The molecule has 1 aromatic carbocycles. The van der Waals surface area contributed by atoms with Gasteiger partial charge in [0, 0.05) is 44.7 Å². The largest absolute Gasteiger partial charge is 0.483 e. The van der Waals surface area contributed by atoms with Gasteiger partial charge in [0.25, 0.3) is 5.91 Å². The van der Waals surface area contributed by atoms with Crippen molar-refractivity contribution in [1.82, 2.24) is 20.0 Å². The van der Waals surface area contributed by atoms with Gasteiger partial charge >= 0.3 is 0 Å². The maximum absolute atomic E-state index is 12.7. The summed E-state index contributed by atoms with van der Waals surface area (Å²) >= 11 is 0. The quantitative estimate of drug-likeness (QED) is 0.586. The van der Waals surface area contributed by atoms with E-state index in [0.717, 1.165) is 50.3 Å². The fourth-order valence-electron chi connectivity index (χ4n) is 4.26. The number of piperidine rings is 1. The number of nitrogens with zero attached hydrogens (tertiary/aromatic N) is 3. The lowest BCUT2D eigenvalue weighted by Gasteiger charge is -2.34. The molecule has 2 fully saturated rings. The van der Waals surface area contributed by atoms with Crippen molar-refractivity contribution in [2.24, 2.45) is 0 Å². The third-order valence-corrected chi connectivity index (χ3v) is 6.17. The van der Waals surface area contributed by atoms with Crippen LogP contribution in [0.2, 0.25) is 0 Å². The molecule has 0 spiro atoms. The van der Waals surface area contributed by atoms with E-state index in [1.807, 2.05) is 34.9 Å². The Morgan fingerprint density at radius 3 is 2.69 bits per heavy atom. The van der Waals surface area contributed by atoms with Crippen LogP contribution in [0.5, 0.6) is 5.75 Å². The van der Waals surface area contributed by atoms with E-state index in [-0.39, 0.29) is 24.3 Å². The Morgan fingerprint density at radius 2 is 2.03 bits per heavy atom. The first-order valence-corrected chi connectivity index (χ1v) is 11.4. The maximum atomic E-state index is 12.7. The van der Waals surface area contributed by atoms with Gasteiger partial charge in [-0.05, 0) is 44.1 Å². The highest BCUT2D eigenvalue weighted by molar-refractivity contribution is 6.00. The molecule has 0 bridgehead atoms. The molecular weight excluding hydrogens is 408 g/mol. The highest BCUT2D eigenvalue weighted by atomic mass is 16.5. The van der Waals surface area contributed by atoms with Gasteiger partial charge in [0.15, 0.2) is 6.61 Å². The number of imide groups is 1. The SMILES string of the molecule is C=CN(Cc1c(C)cccc1OCC(=O)N1CCN(CCC)CC1)C1CCC(=O)NC1=O. The van der Waals surface area contributed by atoms with Crippen LogP contribution in [0.1, 0.15) is 37.3 Å². The Balaban J connectivity index is 1.63. The number of nitrogens with one attached hydrogen (secondary N) is 1. The van der Waals surface area contributed by atoms with E-state index in [2.05, 4.69) is 23.7 Å². The van der Waals surface area contributed by atoms with E-state index in [0.29, 0.717) is 25.1 Å². The van der Waals surface area contributed by atoms with Crippen LogP contribution < -0.4 is 10.1 Å². The van der Waals surface area contributed by atoms with E-state index < -0.39 is 6.04 Å². The van der Waals surface area contributed by atoms with E-state index in [1.54, 1.807) is 6.20 Å². The smallest absolute Gasteiger partial charge is 0.260 e. The lowest BCUT2D eigenvalue weighted by molar-refractivity contribution is -0.137. The van der Waals surface area contributed by atoms with Crippen molar-refractivity contribution in [3.05, 3.63) is 42.1 Å². The summed E-state index contributed by atoms with van der Waals surface area (Å²) in [5.41, 5.74) is 1.90. The number of hydrogen-bond acceptors (Lipinski definition) is 6. The normalized spacial score (nSPS) is 19.4. The van der Waals surface area contributed by atoms with Gasteiger partial charge in [-0.3, -0.25) is 24.6 Å². The number of amides is 3. The molecule has 1 N–H and O–H groups in total. The lowest BCUT2D eigenvalue weighted by atomic mass is 10.0.